The number of carboxylic acid groups (broad SMARTS) is 1. The summed E-state index contributed by atoms with van der Waals surface area (Å²) in [5.74, 6) is -2.31. The smallest absolute Gasteiger partial charge is 0.326 e. The van der Waals surface area contributed by atoms with Crippen molar-refractivity contribution in [1.82, 2.24) is 10.6 Å². The molecule has 1 fully saturated rings. The molecule has 0 aromatic rings. The van der Waals surface area contributed by atoms with Crippen molar-refractivity contribution in [1.29, 1.82) is 0 Å². The van der Waals surface area contributed by atoms with E-state index in [1.54, 1.807) is 0 Å². The molecule has 18 heavy (non-hydrogen) atoms. The fourth-order valence-electron chi connectivity index (χ4n) is 1.54. The summed E-state index contributed by atoms with van der Waals surface area (Å²) in [5.41, 5.74) is 4.94. The lowest BCUT2D eigenvalue weighted by molar-refractivity contribution is -0.145. The van der Waals surface area contributed by atoms with E-state index in [0.29, 0.717) is 19.7 Å². The van der Waals surface area contributed by atoms with Crippen molar-refractivity contribution in [2.24, 2.45) is 5.73 Å². The number of primary amides is 1. The highest BCUT2D eigenvalue weighted by Gasteiger charge is 2.27. The number of carbonyl (C=O) groups excluding carboxylic acids is 2. The molecule has 1 rings (SSSR count). The van der Waals surface area contributed by atoms with Gasteiger partial charge in [-0.2, -0.15) is 0 Å². The number of carboxylic acids is 1. The summed E-state index contributed by atoms with van der Waals surface area (Å²) in [6, 6.07) is -1.13. The van der Waals surface area contributed by atoms with Crippen LogP contribution in [0.2, 0.25) is 0 Å². The van der Waals surface area contributed by atoms with Gasteiger partial charge in [0.1, 0.15) is 12.1 Å². The Kier molecular flexibility index (Phi) is 5.53. The summed E-state index contributed by atoms with van der Waals surface area (Å²) < 4.78 is 5.19. The zero-order chi connectivity index (χ0) is 13.5. The molecular formula is C10H17N3O5. The summed E-state index contributed by atoms with van der Waals surface area (Å²) >= 11 is 0. The first-order chi connectivity index (χ1) is 8.50. The number of rotatable bonds is 6. The monoisotopic (exact) mass is 259 g/mol. The Bertz CT molecular complexity index is 327. The lowest BCUT2D eigenvalue weighted by Crippen LogP contribution is -2.52. The van der Waals surface area contributed by atoms with E-state index in [1.165, 1.54) is 0 Å². The van der Waals surface area contributed by atoms with Gasteiger partial charge in [0.2, 0.25) is 5.91 Å². The van der Waals surface area contributed by atoms with Crippen LogP contribution < -0.4 is 16.4 Å². The second-order valence-electron chi connectivity index (χ2n) is 3.97. The van der Waals surface area contributed by atoms with Crippen LogP contribution in [-0.2, 0) is 19.1 Å². The van der Waals surface area contributed by atoms with E-state index in [4.69, 9.17) is 15.6 Å². The molecule has 0 spiro atoms. The van der Waals surface area contributed by atoms with E-state index in [1.807, 2.05) is 0 Å². The minimum absolute atomic E-state index is 0.0312. The highest BCUT2D eigenvalue weighted by atomic mass is 16.5. The van der Waals surface area contributed by atoms with Crippen molar-refractivity contribution in [2.75, 3.05) is 19.7 Å². The molecule has 2 amide bonds. The van der Waals surface area contributed by atoms with E-state index in [-0.39, 0.29) is 12.8 Å². The quantitative estimate of drug-likeness (QED) is 0.428. The Morgan fingerprint density at radius 1 is 1.50 bits per heavy atom. The fourth-order valence-corrected chi connectivity index (χ4v) is 1.54. The largest absolute Gasteiger partial charge is 0.480 e. The third kappa shape index (κ3) is 4.68. The Balaban J connectivity index is 2.46. The molecule has 8 heteroatoms. The van der Waals surface area contributed by atoms with Gasteiger partial charge in [-0.15, -0.1) is 0 Å². The SMILES string of the molecule is NC(=O)CC[C@H](NC(=O)C1CNCCO1)C(=O)O. The van der Waals surface area contributed by atoms with Gasteiger partial charge in [0.15, 0.2) is 0 Å². The van der Waals surface area contributed by atoms with Gasteiger partial charge in [-0.05, 0) is 6.42 Å². The highest BCUT2D eigenvalue weighted by molar-refractivity contribution is 5.87. The maximum atomic E-state index is 11.7. The molecule has 2 atom stereocenters. The lowest BCUT2D eigenvalue weighted by atomic mass is 10.1. The van der Waals surface area contributed by atoms with E-state index in [2.05, 4.69) is 10.6 Å². The van der Waals surface area contributed by atoms with Crippen molar-refractivity contribution in [3.63, 3.8) is 0 Å². The maximum Gasteiger partial charge on any atom is 0.326 e. The molecule has 0 bridgehead atoms. The minimum atomic E-state index is -1.20. The molecular weight excluding hydrogens is 242 g/mol. The average Bonchev–Trinajstić information content (AvgIpc) is 2.34. The number of aliphatic carboxylic acids is 1. The molecule has 8 nitrogen and oxygen atoms in total. The van der Waals surface area contributed by atoms with Gasteiger partial charge in [-0.3, -0.25) is 9.59 Å². The second-order valence-corrected chi connectivity index (χ2v) is 3.97. The molecule has 1 unspecified atom stereocenters. The summed E-state index contributed by atoms with van der Waals surface area (Å²) in [6.45, 7) is 1.40. The predicted octanol–water partition coefficient (Wildman–Crippen LogP) is -2.19. The van der Waals surface area contributed by atoms with E-state index < -0.39 is 29.9 Å². The summed E-state index contributed by atoms with van der Waals surface area (Å²) in [5, 5.41) is 14.2. The molecule has 5 N–H and O–H groups in total. The van der Waals surface area contributed by atoms with Crippen molar-refractivity contribution >= 4 is 17.8 Å². The number of amides is 2. The predicted molar refractivity (Wildman–Crippen MR) is 60.6 cm³/mol. The molecule has 0 aromatic carbocycles. The Morgan fingerprint density at radius 3 is 2.72 bits per heavy atom. The number of nitrogens with two attached hydrogens (primary N) is 1. The third-order valence-electron chi connectivity index (χ3n) is 2.51. The van der Waals surface area contributed by atoms with Gasteiger partial charge in [-0.1, -0.05) is 0 Å². The van der Waals surface area contributed by atoms with Gasteiger partial charge in [-0.25, -0.2) is 4.79 Å². The molecule has 0 aliphatic carbocycles. The normalized spacial score (nSPS) is 21.0. The standard InChI is InChI=1S/C10H17N3O5/c11-8(14)2-1-6(10(16)17)13-9(15)7-5-12-3-4-18-7/h6-7,12H,1-5H2,(H2,11,14)(H,13,15)(H,16,17)/t6-,7?/m0/s1. The average molecular weight is 259 g/mol. The van der Waals surface area contributed by atoms with Crippen LogP contribution in [0.5, 0.6) is 0 Å². The first kappa shape index (κ1) is 14.4. The summed E-state index contributed by atoms with van der Waals surface area (Å²) in [6.07, 6.45) is -0.827. The van der Waals surface area contributed by atoms with Gasteiger partial charge in [0, 0.05) is 19.5 Å². The third-order valence-corrected chi connectivity index (χ3v) is 2.51. The number of morpholine rings is 1. The Hall–Kier alpha value is -1.67. The van der Waals surface area contributed by atoms with E-state index in [0.717, 1.165) is 0 Å². The van der Waals surface area contributed by atoms with Crippen LogP contribution in [0, 0.1) is 0 Å². The van der Waals surface area contributed by atoms with Gasteiger partial charge >= 0.3 is 5.97 Å². The van der Waals surface area contributed by atoms with Crippen molar-refractivity contribution < 1.29 is 24.2 Å². The first-order valence-corrected chi connectivity index (χ1v) is 5.64. The van der Waals surface area contributed by atoms with Crippen molar-refractivity contribution in [3.8, 4) is 0 Å². The van der Waals surface area contributed by atoms with Crippen molar-refractivity contribution in [2.45, 2.75) is 25.0 Å². The van der Waals surface area contributed by atoms with Crippen LogP contribution in [0.25, 0.3) is 0 Å². The van der Waals surface area contributed by atoms with Crippen LogP contribution in [-0.4, -0.2) is 54.7 Å². The highest BCUT2D eigenvalue weighted by Crippen LogP contribution is 2.01. The Morgan fingerprint density at radius 2 is 2.22 bits per heavy atom. The number of hydrogen-bond acceptors (Lipinski definition) is 5. The van der Waals surface area contributed by atoms with Crippen LogP contribution >= 0.6 is 0 Å². The molecule has 1 aliphatic heterocycles. The molecule has 1 aliphatic rings. The van der Waals surface area contributed by atoms with Crippen LogP contribution in [0.15, 0.2) is 0 Å². The molecule has 102 valence electrons. The Labute approximate surface area is 104 Å². The number of hydrogen-bond donors (Lipinski definition) is 4. The summed E-state index contributed by atoms with van der Waals surface area (Å²) in [4.78, 5) is 33.2. The van der Waals surface area contributed by atoms with Gasteiger partial charge in [0.05, 0.1) is 6.61 Å². The van der Waals surface area contributed by atoms with Crippen LogP contribution in [0.3, 0.4) is 0 Å². The number of nitrogens with one attached hydrogen (secondary N) is 2. The van der Waals surface area contributed by atoms with Gasteiger partial charge in [0.25, 0.3) is 5.91 Å². The second kappa shape index (κ2) is 6.92. The van der Waals surface area contributed by atoms with E-state index in [9.17, 15) is 14.4 Å². The zero-order valence-corrected chi connectivity index (χ0v) is 9.85. The zero-order valence-electron chi connectivity index (χ0n) is 9.85. The minimum Gasteiger partial charge on any atom is -0.480 e. The topological polar surface area (TPSA) is 131 Å². The first-order valence-electron chi connectivity index (χ1n) is 5.64. The van der Waals surface area contributed by atoms with Crippen LogP contribution in [0.4, 0.5) is 0 Å². The van der Waals surface area contributed by atoms with Crippen LogP contribution in [0.1, 0.15) is 12.8 Å². The lowest BCUT2D eigenvalue weighted by Gasteiger charge is -2.24. The number of carbonyl (C=O) groups is 3. The van der Waals surface area contributed by atoms with Gasteiger partial charge < -0.3 is 26.2 Å². The summed E-state index contributed by atoms with van der Waals surface area (Å²) in [7, 11) is 0. The maximum absolute atomic E-state index is 11.7. The number of ether oxygens (including phenoxy) is 1. The molecule has 0 saturated carbocycles. The molecule has 1 heterocycles. The molecule has 0 aromatic heterocycles. The van der Waals surface area contributed by atoms with E-state index >= 15 is 0 Å². The molecule has 1 saturated heterocycles. The van der Waals surface area contributed by atoms with Crippen molar-refractivity contribution in [3.05, 3.63) is 0 Å². The molecule has 0 radical (unpaired) electrons. The fraction of sp³-hybridized carbons (Fsp3) is 0.700.